The van der Waals surface area contributed by atoms with Gasteiger partial charge >= 0.3 is 0 Å². The first-order valence-corrected chi connectivity index (χ1v) is 11.0. The van der Waals surface area contributed by atoms with Crippen LogP contribution in [0.25, 0.3) is 0 Å². The highest BCUT2D eigenvalue weighted by Crippen LogP contribution is 2.30. The first-order chi connectivity index (χ1) is 14.7. The second-order valence-corrected chi connectivity index (χ2v) is 8.64. The molecular formula is C24H29N3O3. The first kappa shape index (κ1) is 19.4. The molecule has 6 nitrogen and oxygen atoms in total. The normalized spacial score (nSPS) is 20.0. The quantitative estimate of drug-likeness (QED) is 0.770. The van der Waals surface area contributed by atoms with Gasteiger partial charge < -0.3 is 20.1 Å². The Morgan fingerprint density at radius 1 is 1.10 bits per heavy atom. The van der Waals surface area contributed by atoms with E-state index in [1.54, 1.807) is 4.90 Å². The second kappa shape index (κ2) is 8.28. The Hall–Kier alpha value is -2.57. The van der Waals surface area contributed by atoms with Crippen molar-refractivity contribution in [1.29, 1.82) is 0 Å². The van der Waals surface area contributed by atoms with Gasteiger partial charge in [-0.1, -0.05) is 24.3 Å². The Labute approximate surface area is 177 Å². The van der Waals surface area contributed by atoms with E-state index >= 15 is 0 Å². The van der Waals surface area contributed by atoms with E-state index in [9.17, 15) is 9.90 Å². The van der Waals surface area contributed by atoms with Crippen molar-refractivity contribution in [2.75, 3.05) is 38.1 Å². The fourth-order valence-corrected chi connectivity index (χ4v) is 4.40. The molecule has 1 saturated carbocycles. The molecule has 1 fully saturated rings. The third-order valence-electron chi connectivity index (χ3n) is 6.18. The number of ether oxygens (including phenoxy) is 1. The van der Waals surface area contributed by atoms with E-state index in [1.165, 1.54) is 24.0 Å². The van der Waals surface area contributed by atoms with Gasteiger partial charge in [-0.15, -0.1) is 0 Å². The fourth-order valence-electron chi connectivity index (χ4n) is 4.40. The first-order valence-electron chi connectivity index (χ1n) is 11.0. The van der Waals surface area contributed by atoms with Gasteiger partial charge in [0.15, 0.2) is 0 Å². The van der Waals surface area contributed by atoms with Gasteiger partial charge in [0, 0.05) is 44.0 Å². The largest absolute Gasteiger partial charge is 0.491 e. The average Bonchev–Trinajstić information content (AvgIpc) is 3.57. The Kier molecular flexibility index (Phi) is 5.35. The summed E-state index contributed by atoms with van der Waals surface area (Å²) in [6, 6.07) is 14.8. The van der Waals surface area contributed by atoms with Crippen LogP contribution < -0.4 is 10.1 Å². The van der Waals surface area contributed by atoms with Crippen LogP contribution in [0.3, 0.4) is 0 Å². The number of nitrogens with zero attached hydrogens (tertiary/aromatic N) is 2. The number of hydrogen-bond acceptors (Lipinski definition) is 5. The molecule has 1 atom stereocenters. The van der Waals surface area contributed by atoms with E-state index in [0.29, 0.717) is 43.6 Å². The Balaban J connectivity index is 1.21. The maximum atomic E-state index is 13.1. The van der Waals surface area contributed by atoms with Crippen LogP contribution in [0.4, 0.5) is 5.69 Å². The summed E-state index contributed by atoms with van der Waals surface area (Å²) in [7, 11) is 0. The molecule has 6 heteroatoms. The summed E-state index contributed by atoms with van der Waals surface area (Å²) in [5.41, 5.74) is 4.31. The molecule has 2 heterocycles. The Bertz CT molecular complexity index is 928. The van der Waals surface area contributed by atoms with Crippen molar-refractivity contribution in [2.24, 2.45) is 0 Å². The van der Waals surface area contributed by atoms with Crippen molar-refractivity contribution in [1.82, 2.24) is 9.80 Å². The van der Waals surface area contributed by atoms with Gasteiger partial charge in [0.25, 0.3) is 5.91 Å². The molecule has 1 aliphatic carbocycles. The molecule has 5 rings (SSSR count). The number of β-amino-alcohol motifs (C(OH)–C–C–N with tert-alkyl or cyclic N) is 1. The number of hydrogen-bond donors (Lipinski definition) is 2. The molecule has 2 aliphatic heterocycles. The van der Waals surface area contributed by atoms with Crippen LogP contribution in [0.1, 0.15) is 34.3 Å². The fraction of sp³-hybridized carbons (Fsp3) is 0.458. The lowest BCUT2D eigenvalue weighted by Crippen LogP contribution is -2.44. The molecular weight excluding hydrogens is 378 g/mol. The molecule has 158 valence electrons. The molecule has 2 N–H and O–H groups in total. The predicted octanol–water partition coefficient (Wildman–Crippen LogP) is 2.51. The topological polar surface area (TPSA) is 65.0 Å². The molecule has 0 bridgehead atoms. The summed E-state index contributed by atoms with van der Waals surface area (Å²) < 4.78 is 5.87. The zero-order chi connectivity index (χ0) is 20.5. The number of aliphatic hydroxyl groups is 1. The maximum Gasteiger partial charge on any atom is 0.257 e. The van der Waals surface area contributed by atoms with Gasteiger partial charge in [-0.25, -0.2) is 0 Å². The van der Waals surface area contributed by atoms with Gasteiger partial charge in [-0.3, -0.25) is 9.69 Å². The van der Waals surface area contributed by atoms with Gasteiger partial charge in [0.1, 0.15) is 12.4 Å². The predicted molar refractivity (Wildman–Crippen MR) is 116 cm³/mol. The van der Waals surface area contributed by atoms with Gasteiger partial charge in [0.2, 0.25) is 0 Å². The third-order valence-corrected chi connectivity index (χ3v) is 6.18. The Morgan fingerprint density at radius 2 is 1.93 bits per heavy atom. The van der Waals surface area contributed by atoms with Crippen molar-refractivity contribution in [2.45, 2.75) is 38.0 Å². The molecule has 0 saturated heterocycles. The molecule has 2 aromatic carbocycles. The Morgan fingerprint density at radius 3 is 2.77 bits per heavy atom. The third kappa shape index (κ3) is 4.30. The van der Waals surface area contributed by atoms with E-state index in [2.05, 4.69) is 34.5 Å². The number of rotatable bonds is 6. The molecule has 0 unspecified atom stereocenters. The zero-order valence-corrected chi connectivity index (χ0v) is 17.2. The van der Waals surface area contributed by atoms with E-state index in [-0.39, 0.29) is 5.91 Å². The van der Waals surface area contributed by atoms with Crippen LogP contribution in [-0.4, -0.2) is 65.7 Å². The van der Waals surface area contributed by atoms with Gasteiger partial charge in [0.05, 0.1) is 18.2 Å². The van der Waals surface area contributed by atoms with Crippen LogP contribution in [0, 0.1) is 0 Å². The summed E-state index contributed by atoms with van der Waals surface area (Å²) in [5.74, 6) is 0.568. The van der Waals surface area contributed by atoms with Crippen molar-refractivity contribution >= 4 is 11.6 Å². The summed E-state index contributed by atoms with van der Waals surface area (Å²) in [4.78, 5) is 17.1. The molecule has 30 heavy (non-hydrogen) atoms. The minimum atomic E-state index is -0.587. The SMILES string of the molecule is O=C1c2ccc(NC3CC3)cc2OCCN1C[C@H](O)CN1CCc2ccccc2C1. The van der Waals surface area contributed by atoms with Crippen LogP contribution >= 0.6 is 0 Å². The van der Waals surface area contributed by atoms with E-state index < -0.39 is 6.10 Å². The van der Waals surface area contributed by atoms with Crippen molar-refractivity contribution in [3.8, 4) is 5.75 Å². The van der Waals surface area contributed by atoms with Crippen molar-refractivity contribution in [3.05, 3.63) is 59.2 Å². The summed E-state index contributed by atoms with van der Waals surface area (Å²) in [6.45, 7) is 3.60. The highest BCUT2D eigenvalue weighted by atomic mass is 16.5. The number of fused-ring (bicyclic) bond motifs is 2. The van der Waals surface area contributed by atoms with Crippen LogP contribution in [-0.2, 0) is 13.0 Å². The van der Waals surface area contributed by atoms with E-state index in [4.69, 9.17) is 4.74 Å². The smallest absolute Gasteiger partial charge is 0.257 e. The van der Waals surface area contributed by atoms with E-state index in [0.717, 1.165) is 25.2 Å². The number of nitrogens with one attached hydrogen (secondary N) is 1. The highest BCUT2D eigenvalue weighted by molar-refractivity contribution is 5.97. The summed E-state index contributed by atoms with van der Waals surface area (Å²) >= 11 is 0. The van der Waals surface area contributed by atoms with Crippen LogP contribution in [0.5, 0.6) is 5.75 Å². The average molecular weight is 408 g/mol. The van der Waals surface area contributed by atoms with Crippen molar-refractivity contribution < 1.29 is 14.6 Å². The standard InChI is InChI=1S/C24H29N3O3/c28-21(15-26-10-9-17-3-1-2-4-18(17)14-26)16-27-11-12-30-23-13-20(25-19-5-6-19)7-8-22(23)24(27)29/h1-4,7-8,13,19,21,25,28H,5-6,9-12,14-16H2/t21-/m1/s1. The lowest BCUT2D eigenvalue weighted by molar-refractivity contribution is 0.0501. The number of aliphatic hydroxyl groups excluding tert-OH is 1. The summed E-state index contributed by atoms with van der Waals surface area (Å²) in [5, 5.41) is 14.2. The minimum absolute atomic E-state index is 0.0662. The summed E-state index contributed by atoms with van der Waals surface area (Å²) in [6.07, 6.45) is 2.82. The van der Waals surface area contributed by atoms with Crippen LogP contribution in [0.15, 0.2) is 42.5 Å². The molecule has 1 amide bonds. The number of anilines is 1. The van der Waals surface area contributed by atoms with Gasteiger partial charge in [-0.05, 0) is 42.5 Å². The van der Waals surface area contributed by atoms with Crippen molar-refractivity contribution in [3.63, 3.8) is 0 Å². The number of amides is 1. The minimum Gasteiger partial charge on any atom is -0.491 e. The lowest BCUT2D eigenvalue weighted by Gasteiger charge is -2.32. The van der Waals surface area contributed by atoms with Crippen LogP contribution in [0.2, 0.25) is 0 Å². The zero-order valence-electron chi connectivity index (χ0n) is 17.2. The number of benzene rings is 2. The number of carbonyl (C=O) groups excluding carboxylic acids is 1. The molecule has 2 aromatic rings. The van der Waals surface area contributed by atoms with E-state index in [1.807, 2.05) is 18.2 Å². The van der Waals surface area contributed by atoms with Gasteiger partial charge in [-0.2, -0.15) is 0 Å². The lowest BCUT2D eigenvalue weighted by atomic mass is 10.00. The highest BCUT2D eigenvalue weighted by Gasteiger charge is 2.28. The maximum absolute atomic E-state index is 13.1. The second-order valence-electron chi connectivity index (χ2n) is 8.64. The molecule has 0 radical (unpaired) electrons. The monoisotopic (exact) mass is 407 g/mol. The molecule has 0 spiro atoms. The molecule has 0 aromatic heterocycles. The molecule has 3 aliphatic rings. The number of carbonyl (C=O) groups is 1.